The summed E-state index contributed by atoms with van der Waals surface area (Å²) in [5.41, 5.74) is 4.60. The lowest BCUT2D eigenvalue weighted by atomic mass is 9.78. The van der Waals surface area contributed by atoms with E-state index in [9.17, 15) is 24.3 Å². The molecule has 62 heavy (non-hydrogen) atoms. The summed E-state index contributed by atoms with van der Waals surface area (Å²) >= 11 is 1.96. The van der Waals surface area contributed by atoms with E-state index >= 15 is 0 Å². The van der Waals surface area contributed by atoms with Crippen molar-refractivity contribution >= 4 is 46.2 Å². The average molecular weight is 872 g/mol. The summed E-state index contributed by atoms with van der Waals surface area (Å²) in [5.74, 6) is 1.92. The quantitative estimate of drug-likeness (QED) is 0.0583. The molecule has 5 N–H and O–H groups in total. The number of rotatable bonds is 24. The predicted octanol–water partition coefficient (Wildman–Crippen LogP) is 5.30. The lowest BCUT2D eigenvalue weighted by Gasteiger charge is -2.47. The number of ether oxygens (including phenoxy) is 4. The molecular weight excluding hydrogens is 811 g/mol. The fourth-order valence-corrected chi connectivity index (χ4v) is 10.6. The van der Waals surface area contributed by atoms with E-state index in [1.165, 1.54) is 11.6 Å². The van der Waals surface area contributed by atoms with Crippen molar-refractivity contribution in [3.05, 3.63) is 82.7 Å². The van der Waals surface area contributed by atoms with E-state index in [1.54, 1.807) is 18.2 Å². The van der Waals surface area contributed by atoms with Gasteiger partial charge in [-0.25, -0.2) is 0 Å². The highest BCUT2D eigenvalue weighted by atomic mass is 32.2. The molecule has 2 aromatic carbocycles. The number of fused-ring (bicyclic) bond motifs is 6. The van der Waals surface area contributed by atoms with Gasteiger partial charge in [-0.2, -0.15) is 11.8 Å². The average Bonchev–Trinajstić information content (AvgIpc) is 3.95. The van der Waals surface area contributed by atoms with Gasteiger partial charge in [-0.3, -0.25) is 19.2 Å². The van der Waals surface area contributed by atoms with Crippen molar-refractivity contribution in [1.82, 2.24) is 25.8 Å². The number of nitrogens with zero attached hydrogens (tertiary/aromatic N) is 1. The molecule has 15 heteroatoms. The Morgan fingerprint density at radius 3 is 2.42 bits per heavy atom. The van der Waals surface area contributed by atoms with Crippen molar-refractivity contribution in [3.63, 3.8) is 0 Å². The Morgan fingerprint density at radius 1 is 0.935 bits per heavy atom. The van der Waals surface area contributed by atoms with Crippen LogP contribution in [-0.2, 0) is 40.6 Å². The standard InChI is InChI=1S/C47H61N5O9S/c1-31-25-32(45(57)35-9-3-4-10-40(35)53)28-52-18-15-34-36-26-33(13-14-38(36)51-46(34)47(31,52)2)61-29-44(56)49-17-8-20-59-22-24-60-23-21-58-19-7-16-48-42(54)12-6-5-11-41-37-27-43(55)50-39(37)30-62-41/h3-4,9-10,13-14,25-26,28,37,39,41,51,53H,5-8,11-12,15-24,27,29-30H2,1-2H3,(H,48,54)(H,49,56)(H,50,55)/t37-,39-,41-,47?/m0/s1. The molecule has 5 heterocycles. The number of nitrogens with one attached hydrogen (secondary N) is 4. The summed E-state index contributed by atoms with van der Waals surface area (Å²) in [4.78, 5) is 55.5. The smallest absolute Gasteiger partial charge is 0.257 e. The molecule has 4 aliphatic rings. The van der Waals surface area contributed by atoms with E-state index in [0.717, 1.165) is 60.0 Å². The van der Waals surface area contributed by atoms with Gasteiger partial charge in [0.1, 0.15) is 11.5 Å². The number of hydrogen-bond donors (Lipinski definition) is 5. The lowest BCUT2D eigenvalue weighted by Crippen LogP contribution is -2.48. The van der Waals surface area contributed by atoms with Crippen LogP contribution < -0.4 is 20.7 Å². The molecule has 1 unspecified atom stereocenters. The second-order valence-electron chi connectivity index (χ2n) is 16.7. The molecule has 3 amide bonds. The lowest BCUT2D eigenvalue weighted by molar-refractivity contribution is -0.123. The number of phenolic OH excluding ortho intramolecular Hbond substituents is 1. The van der Waals surface area contributed by atoms with Gasteiger partial charge < -0.3 is 49.9 Å². The number of H-pyrrole nitrogens is 1. The number of thioether (sulfide) groups is 1. The van der Waals surface area contributed by atoms with Crippen LogP contribution >= 0.6 is 11.8 Å². The molecule has 0 radical (unpaired) electrons. The number of hydrogen-bond acceptors (Lipinski definition) is 11. The van der Waals surface area contributed by atoms with Gasteiger partial charge in [0.05, 0.1) is 37.5 Å². The minimum absolute atomic E-state index is 0.0297. The first kappa shape index (κ1) is 45.2. The molecule has 0 aliphatic carbocycles. The van der Waals surface area contributed by atoms with E-state index in [4.69, 9.17) is 18.9 Å². The molecule has 4 atom stereocenters. The highest BCUT2D eigenvalue weighted by Crippen LogP contribution is 2.46. The third-order valence-electron chi connectivity index (χ3n) is 12.5. The molecule has 334 valence electrons. The van der Waals surface area contributed by atoms with Crippen LogP contribution in [0.3, 0.4) is 0 Å². The Kier molecular flexibility index (Phi) is 15.7. The summed E-state index contributed by atoms with van der Waals surface area (Å²) in [6.07, 6.45) is 10.2. The molecular formula is C47H61N5O9S. The Labute approximate surface area is 367 Å². The number of unbranched alkanes of at least 4 members (excludes halogenated alkanes) is 1. The first-order valence-electron chi connectivity index (χ1n) is 22.1. The summed E-state index contributed by atoms with van der Waals surface area (Å²) in [5, 5.41) is 20.8. The summed E-state index contributed by atoms with van der Waals surface area (Å²) in [6, 6.07) is 12.8. The minimum Gasteiger partial charge on any atom is -0.507 e. The van der Waals surface area contributed by atoms with Crippen molar-refractivity contribution in [1.29, 1.82) is 0 Å². The SMILES string of the molecule is CC1=CC(C(=O)c2ccccc2O)=CN2CCc3c([nH]c4ccc(OCC(=O)NCCCOCCOCCOCCCNC(=O)CCCC[C@@H]5SC[C@@H]6NC(=O)C[C@@H]65)cc34)C12C. The number of benzene rings is 2. The number of para-hydroxylation sites is 1. The van der Waals surface area contributed by atoms with Gasteiger partial charge in [-0.15, -0.1) is 0 Å². The van der Waals surface area contributed by atoms with Gasteiger partial charge in [0, 0.05) is 97.0 Å². The Bertz CT molecular complexity index is 2140. The number of amides is 3. The maximum absolute atomic E-state index is 13.3. The molecule has 1 aromatic heterocycles. The van der Waals surface area contributed by atoms with Crippen molar-refractivity contribution in [2.45, 2.75) is 82.0 Å². The third-order valence-corrected chi connectivity index (χ3v) is 14.0. The van der Waals surface area contributed by atoms with Crippen LogP contribution in [0.25, 0.3) is 10.9 Å². The molecule has 4 aliphatic heterocycles. The number of aromatic nitrogens is 1. The fourth-order valence-electron chi connectivity index (χ4n) is 8.93. The molecule has 0 saturated carbocycles. The molecule has 0 spiro atoms. The number of ketones is 1. The van der Waals surface area contributed by atoms with Crippen molar-refractivity contribution < 1.29 is 43.2 Å². The van der Waals surface area contributed by atoms with Gasteiger partial charge in [0.2, 0.25) is 11.8 Å². The first-order valence-corrected chi connectivity index (χ1v) is 23.1. The predicted molar refractivity (Wildman–Crippen MR) is 238 cm³/mol. The van der Waals surface area contributed by atoms with Gasteiger partial charge in [0.25, 0.3) is 5.91 Å². The minimum atomic E-state index is -0.482. The van der Waals surface area contributed by atoms with Crippen LogP contribution in [0.2, 0.25) is 0 Å². The number of aromatic hydroxyl groups is 1. The summed E-state index contributed by atoms with van der Waals surface area (Å²) in [6.45, 7) is 8.78. The molecule has 0 bridgehead atoms. The number of aromatic amines is 1. The van der Waals surface area contributed by atoms with Gasteiger partial charge in [-0.1, -0.05) is 18.6 Å². The van der Waals surface area contributed by atoms with Crippen LogP contribution in [0, 0.1) is 5.92 Å². The second kappa shape index (κ2) is 21.5. The molecule has 7 rings (SSSR count). The van der Waals surface area contributed by atoms with Crippen LogP contribution in [0.15, 0.2) is 65.9 Å². The van der Waals surface area contributed by atoms with E-state index in [2.05, 4.69) is 32.8 Å². The summed E-state index contributed by atoms with van der Waals surface area (Å²) in [7, 11) is 0. The van der Waals surface area contributed by atoms with Crippen molar-refractivity contribution in [2.75, 3.05) is 71.6 Å². The fraction of sp³-hybridized carbons (Fsp3) is 0.532. The normalized spacial score (nSPS) is 21.4. The zero-order valence-electron chi connectivity index (χ0n) is 35.9. The van der Waals surface area contributed by atoms with Gasteiger partial charge >= 0.3 is 0 Å². The van der Waals surface area contributed by atoms with Gasteiger partial charge in [0.15, 0.2) is 12.4 Å². The third kappa shape index (κ3) is 11.0. The number of allylic oxidation sites excluding steroid dienone is 2. The van der Waals surface area contributed by atoms with Crippen LogP contribution in [0.1, 0.15) is 80.4 Å². The van der Waals surface area contributed by atoms with Crippen LogP contribution in [0.5, 0.6) is 11.5 Å². The Morgan fingerprint density at radius 2 is 1.66 bits per heavy atom. The number of carbonyl (C=O) groups excluding carboxylic acids is 4. The highest BCUT2D eigenvalue weighted by Gasteiger charge is 2.44. The zero-order chi connectivity index (χ0) is 43.5. The molecule has 2 fully saturated rings. The number of Topliss-reactive ketones (excluding diaryl/α,β-unsaturated/α-hetero) is 1. The largest absolute Gasteiger partial charge is 0.507 e. The second-order valence-corrected chi connectivity index (χ2v) is 17.9. The Balaban J connectivity index is 0.696. The highest BCUT2D eigenvalue weighted by molar-refractivity contribution is 8.00. The maximum atomic E-state index is 13.3. The topological polar surface area (TPSA) is 181 Å². The maximum Gasteiger partial charge on any atom is 0.257 e. The molecule has 2 saturated heterocycles. The summed E-state index contributed by atoms with van der Waals surface area (Å²) < 4.78 is 22.7. The Hall–Kier alpha value is -4.83. The van der Waals surface area contributed by atoms with Crippen LogP contribution in [0.4, 0.5) is 0 Å². The van der Waals surface area contributed by atoms with E-state index in [0.29, 0.717) is 107 Å². The number of phenols is 1. The van der Waals surface area contributed by atoms with E-state index in [1.807, 2.05) is 49.2 Å². The van der Waals surface area contributed by atoms with Crippen LogP contribution in [-0.4, -0.2) is 121 Å². The first-order chi connectivity index (χ1) is 30.1. The van der Waals surface area contributed by atoms with E-state index < -0.39 is 5.54 Å². The number of carbonyl (C=O) groups is 4. The molecule has 14 nitrogen and oxygen atoms in total. The van der Waals surface area contributed by atoms with Crippen molar-refractivity contribution in [3.8, 4) is 11.5 Å². The van der Waals surface area contributed by atoms with E-state index in [-0.39, 0.29) is 41.4 Å². The van der Waals surface area contributed by atoms with Crippen molar-refractivity contribution in [2.24, 2.45) is 5.92 Å². The van der Waals surface area contributed by atoms with Gasteiger partial charge in [-0.05, 0) is 93.5 Å². The monoisotopic (exact) mass is 871 g/mol. The molecule has 3 aromatic rings. The zero-order valence-corrected chi connectivity index (χ0v) is 36.7.